The lowest BCUT2D eigenvalue weighted by molar-refractivity contribution is 0.0941. The Morgan fingerprint density at radius 3 is 2.64 bits per heavy atom. The summed E-state index contributed by atoms with van der Waals surface area (Å²) < 4.78 is 33.6. The molecule has 0 saturated heterocycles. The smallest absolute Gasteiger partial charge is 0.300 e. The zero-order chi connectivity index (χ0) is 30.3. The van der Waals surface area contributed by atoms with Crippen LogP contribution in [-0.4, -0.2) is 39.5 Å². The molecule has 0 radical (unpaired) electrons. The second-order valence-electron chi connectivity index (χ2n) is 11.6. The van der Waals surface area contributed by atoms with Crippen molar-refractivity contribution in [3.63, 3.8) is 0 Å². The van der Waals surface area contributed by atoms with Gasteiger partial charge in [0.05, 0.1) is 17.1 Å². The number of rotatable bonds is 8. The van der Waals surface area contributed by atoms with Gasteiger partial charge in [0.2, 0.25) is 0 Å². The number of terminal acetylenes is 1. The first kappa shape index (κ1) is 26.6. The van der Waals surface area contributed by atoms with Gasteiger partial charge in [0.15, 0.2) is 11.5 Å². The van der Waals surface area contributed by atoms with Crippen LogP contribution in [0.5, 0.6) is 0 Å². The fourth-order valence-electron chi connectivity index (χ4n) is 6.61. The van der Waals surface area contributed by atoms with Gasteiger partial charge >= 0.3 is 10.2 Å². The molecule has 220 valence electrons. The van der Waals surface area contributed by atoms with E-state index in [9.17, 15) is 18.0 Å². The molecule has 8 rings (SSSR count). The predicted molar refractivity (Wildman–Crippen MR) is 165 cm³/mol. The Kier molecular flexibility index (Phi) is 5.75. The van der Waals surface area contributed by atoms with Crippen molar-refractivity contribution >= 4 is 38.4 Å². The summed E-state index contributed by atoms with van der Waals surface area (Å²) in [5, 5.41) is 8.77. The van der Waals surface area contributed by atoms with Gasteiger partial charge in [0, 0.05) is 29.7 Å². The molecule has 0 spiro atoms. The Bertz CT molecular complexity index is 2250. The predicted octanol–water partition coefficient (Wildman–Crippen LogP) is 3.50. The van der Waals surface area contributed by atoms with E-state index in [1.54, 1.807) is 16.8 Å². The van der Waals surface area contributed by atoms with Crippen LogP contribution in [0.1, 0.15) is 76.8 Å². The van der Waals surface area contributed by atoms with Crippen LogP contribution < -0.4 is 20.3 Å². The van der Waals surface area contributed by atoms with Crippen LogP contribution in [-0.2, 0) is 10.2 Å². The maximum Gasteiger partial charge on any atom is 0.300 e. The number of benzene rings is 2. The Morgan fingerprint density at radius 2 is 1.89 bits per heavy atom. The maximum atomic E-state index is 14.3. The number of nitrogens with zero attached hydrogens (tertiary/aromatic N) is 4. The highest BCUT2D eigenvalue weighted by Gasteiger charge is 2.50. The number of pyridine rings is 1. The molecule has 2 aromatic carbocycles. The molecule has 0 bridgehead atoms. The Balaban J connectivity index is 1.27. The Labute approximate surface area is 252 Å². The van der Waals surface area contributed by atoms with Gasteiger partial charge in [-0.05, 0) is 78.8 Å². The maximum absolute atomic E-state index is 14.3. The summed E-state index contributed by atoms with van der Waals surface area (Å²) in [7, 11) is -3.99. The molecule has 2 saturated carbocycles. The van der Waals surface area contributed by atoms with Crippen LogP contribution in [0.3, 0.4) is 0 Å². The van der Waals surface area contributed by atoms with Crippen LogP contribution in [0.25, 0.3) is 22.1 Å². The molecule has 1 amide bonds. The summed E-state index contributed by atoms with van der Waals surface area (Å²) in [6, 6.07) is 14.0. The second-order valence-corrected chi connectivity index (χ2v) is 13.1. The molecule has 3 aromatic heterocycles. The lowest BCUT2D eigenvalue weighted by Crippen LogP contribution is -2.35. The van der Waals surface area contributed by atoms with Crippen LogP contribution in [0, 0.1) is 12.3 Å². The van der Waals surface area contributed by atoms with Crippen molar-refractivity contribution in [1.29, 1.82) is 0 Å². The minimum atomic E-state index is -3.99. The van der Waals surface area contributed by atoms with Crippen LogP contribution >= 0.6 is 0 Å². The summed E-state index contributed by atoms with van der Waals surface area (Å²) >= 11 is 0. The van der Waals surface area contributed by atoms with E-state index in [0.717, 1.165) is 35.8 Å². The molecule has 12 heteroatoms. The monoisotopic (exact) mass is 605 g/mol. The van der Waals surface area contributed by atoms with Crippen molar-refractivity contribution in [3.05, 3.63) is 99.2 Å². The van der Waals surface area contributed by atoms with Crippen molar-refractivity contribution in [3.8, 4) is 18.0 Å². The summed E-state index contributed by atoms with van der Waals surface area (Å²) in [6.45, 7) is 1.83. The first-order valence-electron chi connectivity index (χ1n) is 14.5. The molecule has 3 aliphatic carbocycles. The highest BCUT2D eigenvalue weighted by Crippen LogP contribution is 2.64. The molecule has 0 unspecified atom stereocenters. The topological polar surface area (TPSA) is 139 Å². The number of hydrogen-bond acceptors (Lipinski definition) is 6. The van der Waals surface area contributed by atoms with Gasteiger partial charge in [-0.15, -0.1) is 11.5 Å². The molecule has 5 aromatic rings. The molecule has 3 heterocycles. The van der Waals surface area contributed by atoms with Crippen LogP contribution in [0.4, 0.5) is 5.82 Å². The van der Waals surface area contributed by atoms with Gasteiger partial charge in [0.1, 0.15) is 5.56 Å². The molecule has 2 fully saturated rings. The van der Waals surface area contributed by atoms with E-state index >= 15 is 0 Å². The van der Waals surface area contributed by atoms with Gasteiger partial charge in [-0.25, -0.2) is 9.50 Å². The van der Waals surface area contributed by atoms with E-state index in [2.05, 4.69) is 30.8 Å². The van der Waals surface area contributed by atoms with Crippen LogP contribution in [0.15, 0.2) is 65.7 Å². The standard InChI is InChI=1S/C32H27N7O4S/c1-3-18-10-13-21-22-16-23(22)26-25(21)24(18)32(41)39(20-8-5-4-6-9-20)28(26)17(2)34-31(40)27-29(35-38-15-7-14-33-30(27)38)37-44(42,43)36-19-11-12-19/h1,4-10,13-15,17,19,22-23,36H,11-12,16H2,2H3,(H,34,40)(H,35,37)/t17-,22+,23+/m1/s1. The zero-order valence-electron chi connectivity index (χ0n) is 23.6. The van der Waals surface area contributed by atoms with Crippen molar-refractivity contribution in [2.24, 2.45) is 0 Å². The van der Waals surface area contributed by atoms with E-state index in [1.807, 2.05) is 49.4 Å². The van der Waals surface area contributed by atoms with E-state index in [0.29, 0.717) is 28.2 Å². The number of amides is 1. The minimum absolute atomic E-state index is 0.0240. The highest BCUT2D eigenvalue weighted by molar-refractivity contribution is 7.90. The molecular formula is C32H27N7O4S. The normalized spacial score (nSPS) is 19.0. The number of para-hydroxylation sites is 1. The first-order valence-corrected chi connectivity index (χ1v) is 16.0. The summed E-state index contributed by atoms with van der Waals surface area (Å²) in [5.41, 5.74) is 3.91. The Morgan fingerprint density at radius 1 is 1.09 bits per heavy atom. The third kappa shape index (κ3) is 4.11. The average molecular weight is 606 g/mol. The zero-order valence-corrected chi connectivity index (χ0v) is 24.4. The van der Waals surface area contributed by atoms with E-state index in [-0.39, 0.29) is 34.5 Å². The van der Waals surface area contributed by atoms with Crippen molar-refractivity contribution < 1.29 is 13.2 Å². The lowest BCUT2D eigenvalue weighted by atomic mass is 9.94. The number of hydrogen-bond donors (Lipinski definition) is 3. The largest absolute Gasteiger partial charge is 0.344 e. The molecule has 44 heavy (non-hydrogen) atoms. The summed E-state index contributed by atoms with van der Waals surface area (Å²) in [4.78, 5) is 32.7. The Hall–Kier alpha value is -4.99. The fraction of sp³-hybridized carbons (Fsp3) is 0.250. The number of anilines is 1. The highest BCUT2D eigenvalue weighted by atomic mass is 32.2. The molecule has 3 N–H and O–H groups in total. The van der Waals surface area contributed by atoms with Gasteiger partial charge in [-0.3, -0.25) is 18.9 Å². The third-order valence-corrected chi connectivity index (χ3v) is 9.79. The van der Waals surface area contributed by atoms with E-state index in [1.165, 1.54) is 10.7 Å². The molecule has 0 aliphatic heterocycles. The SMILES string of the molecule is C#Cc1ccc2c3c(c([C@@H](C)NC(=O)c4c(NS(=O)(=O)NC5CC5)nn5cccnc45)n(-c4ccccc4)c(=O)c13)[C@H]1C[C@@H]21. The minimum Gasteiger partial charge on any atom is -0.344 e. The average Bonchev–Trinajstić information content (AvgIpc) is 3.92. The summed E-state index contributed by atoms with van der Waals surface area (Å²) in [5.74, 6) is 2.48. The summed E-state index contributed by atoms with van der Waals surface area (Å²) in [6.07, 6.45) is 11.4. The van der Waals surface area contributed by atoms with Gasteiger partial charge in [-0.2, -0.15) is 13.1 Å². The number of carbonyl (C=O) groups is 1. The van der Waals surface area contributed by atoms with Crippen molar-refractivity contribution in [2.75, 3.05) is 4.72 Å². The van der Waals surface area contributed by atoms with Crippen molar-refractivity contribution in [1.82, 2.24) is 29.2 Å². The van der Waals surface area contributed by atoms with Crippen molar-refractivity contribution in [2.45, 2.75) is 50.1 Å². The van der Waals surface area contributed by atoms with E-state index < -0.39 is 22.2 Å². The number of carbonyl (C=O) groups excluding carboxylic acids is 1. The molecular weight excluding hydrogens is 578 g/mol. The number of aromatic nitrogens is 4. The third-order valence-electron chi connectivity index (χ3n) is 8.68. The van der Waals surface area contributed by atoms with Gasteiger partial charge in [-0.1, -0.05) is 30.2 Å². The molecule has 11 nitrogen and oxygen atoms in total. The molecule has 3 atom stereocenters. The van der Waals surface area contributed by atoms with Gasteiger partial charge < -0.3 is 5.32 Å². The lowest BCUT2D eigenvalue weighted by Gasteiger charge is -2.25. The number of fused-ring (bicyclic) bond motifs is 4. The van der Waals surface area contributed by atoms with E-state index in [4.69, 9.17) is 6.42 Å². The first-order chi connectivity index (χ1) is 21.3. The van der Waals surface area contributed by atoms with Gasteiger partial charge in [0.25, 0.3) is 11.5 Å². The second kappa shape index (κ2) is 9.51. The fourth-order valence-corrected chi connectivity index (χ4v) is 7.74. The van der Waals surface area contributed by atoms with Crippen LogP contribution in [0.2, 0.25) is 0 Å². The number of nitrogens with one attached hydrogen (secondary N) is 3. The quantitative estimate of drug-likeness (QED) is 0.232. The molecule has 3 aliphatic rings.